The zero-order chi connectivity index (χ0) is 6.57. The van der Waals surface area contributed by atoms with Crippen molar-refractivity contribution in [3.05, 3.63) is 11.1 Å². The van der Waals surface area contributed by atoms with Gasteiger partial charge in [0.1, 0.15) is 0 Å². The van der Waals surface area contributed by atoms with E-state index in [1.54, 1.807) is 0 Å². The molecule has 0 aliphatic heterocycles. The smallest absolute Gasteiger partial charge is 0.0121 e. The van der Waals surface area contributed by atoms with Gasteiger partial charge in [0.2, 0.25) is 0 Å². The van der Waals surface area contributed by atoms with Crippen molar-refractivity contribution in [2.45, 2.75) is 26.7 Å². The maximum atomic E-state index is 3.74. The van der Waals surface area contributed by atoms with Crippen molar-refractivity contribution in [1.82, 2.24) is 0 Å². The molecule has 0 aromatic rings. The minimum Gasteiger partial charge on any atom is -0.0889 e. The van der Waals surface area contributed by atoms with Crippen LogP contribution in [0.15, 0.2) is 11.1 Å². The first-order valence-corrected chi connectivity index (χ1v) is 3.75. The first kappa shape index (κ1) is 8.22. The second-order valence-corrected chi connectivity index (χ2v) is 3.57. The molecule has 0 bridgehead atoms. The van der Waals surface area contributed by atoms with E-state index < -0.39 is 0 Å². The van der Waals surface area contributed by atoms with Gasteiger partial charge in [-0.3, -0.25) is 0 Å². The summed E-state index contributed by atoms with van der Waals surface area (Å²) in [6.45, 7) is 8.18. The Labute approximate surface area is 60.1 Å². The van der Waals surface area contributed by atoms with Crippen LogP contribution in [0.4, 0.5) is 0 Å². The molecule has 0 aromatic heterocycles. The van der Waals surface area contributed by atoms with Crippen LogP contribution in [-0.4, -0.2) is 0 Å². The molecule has 0 atom stereocenters. The molecule has 0 N–H and O–H groups in total. The van der Waals surface area contributed by atoms with Crippen molar-refractivity contribution < 1.29 is 0 Å². The quantitative estimate of drug-likeness (QED) is 0.620. The molecule has 48 valence electrons. The van der Waals surface area contributed by atoms with Gasteiger partial charge in [-0.25, -0.2) is 0 Å². The molecule has 0 amide bonds. The second kappa shape index (κ2) is 4.13. The van der Waals surface area contributed by atoms with Gasteiger partial charge in [0, 0.05) is 0 Å². The second-order valence-electron chi connectivity index (χ2n) is 2.45. The SMILES string of the molecule is C=C(Br)CCC(C)C. The number of allylic oxidation sites excluding steroid dienone is 1. The van der Waals surface area contributed by atoms with Crippen LogP contribution in [0.5, 0.6) is 0 Å². The minimum atomic E-state index is 0.796. The van der Waals surface area contributed by atoms with E-state index in [0.717, 1.165) is 16.8 Å². The van der Waals surface area contributed by atoms with E-state index in [1.807, 2.05) is 0 Å². The lowest BCUT2D eigenvalue weighted by Crippen LogP contribution is -1.84. The molecule has 0 spiro atoms. The van der Waals surface area contributed by atoms with Gasteiger partial charge in [-0.15, -0.1) is 0 Å². The van der Waals surface area contributed by atoms with Crippen LogP contribution >= 0.6 is 15.9 Å². The molecule has 0 aliphatic carbocycles. The highest BCUT2D eigenvalue weighted by atomic mass is 79.9. The number of hydrogen-bond acceptors (Lipinski definition) is 0. The van der Waals surface area contributed by atoms with E-state index in [0.29, 0.717) is 0 Å². The van der Waals surface area contributed by atoms with Crippen LogP contribution in [-0.2, 0) is 0 Å². The van der Waals surface area contributed by atoms with Crippen LogP contribution in [0.2, 0.25) is 0 Å². The topological polar surface area (TPSA) is 0 Å². The Bertz CT molecular complexity index is 74.5. The maximum Gasteiger partial charge on any atom is -0.0121 e. The zero-order valence-electron chi connectivity index (χ0n) is 5.58. The third kappa shape index (κ3) is 6.22. The summed E-state index contributed by atoms with van der Waals surface area (Å²) < 4.78 is 1.12. The van der Waals surface area contributed by atoms with E-state index in [9.17, 15) is 0 Å². The first-order chi connectivity index (χ1) is 3.63. The summed E-state index contributed by atoms with van der Waals surface area (Å²) >= 11 is 3.31. The predicted molar refractivity (Wildman–Crippen MR) is 42.1 cm³/mol. The Kier molecular flexibility index (Phi) is 4.25. The summed E-state index contributed by atoms with van der Waals surface area (Å²) in [4.78, 5) is 0. The van der Waals surface area contributed by atoms with Crippen molar-refractivity contribution in [3.8, 4) is 0 Å². The number of halogens is 1. The van der Waals surface area contributed by atoms with Crippen LogP contribution in [0.3, 0.4) is 0 Å². The zero-order valence-corrected chi connectivity index (χ0v) is 7.16. The van der Waals surface area contributed by atoms with Crippen molar-refractivity contribution in [3.63, 3.8) is 0 Å². The third-order valence-corrected chi connectivity index (χ3v) is 1.39. The van der Waals surface area contributed by atoms with Gasteiger partial charge < -0.3 is 0 Å². The van der Waals surface area contributed by atoms with Crippen molar-refractivity contribution in [1.29, 1.82) is 0 Å². The number of rotatable bonds is 3. The molecule has 0 fully saturated rings. The normalized spacial score (nSPS) is 10.0. The van der Waals surface area contributed by atoms with Gasteiger partial charge in [0.25, 0.3) is 0 Å². The van der Waals surface area contributed by atoms with Crippen LogP contribution < -0.4 is 0 Å². The third-order valence-electron chi connectivity index (χ3n) is 0.993. The number of hydrogen-bond donors (Lipinski definition) is 0. The Morgan fingerprint density at radius 2 is 2.12 bits per heavy atom. The molecule has 0 saturated carbocycles. The molecule has 1 heteroatoms. The van der Waals surface area contributed by atoms with E-state index in [4.69, 9.17) is 0 Å². The van der Waals surface area contributed by atoms with E-state index in [1.165, 1.54) is 6.42 Å². The lowest BCUT2D eigenvalue weighted by Gasteiger charge is -2.00. The fourth-order valence-corrected chi connectivity index (χ4v) is 0.674. The van der Waals surface area contributed by atoms with E-state index in [2.05, 4.69) is 36.4 Å². The lowest BCUT2D eigenvalue weighted by molar-refractivity contribution is 0.593. The fraction of sp³-hybridized carbons (Fsp3) is 0.714. The highest BCUT2D eigenvalue weighted by molar-refractivity contribution is 9.11. The van der Waals surface area contributed by atoms with Gasteiger partial charge in [-0.2, -0.15) is 0 Å². The lowest BCUT2D eigenvalue weighted by atomic mass is 10.1. The molecule has 0 aliphatic rings. The van der Waals surface area contributed by atoms with E-state index >= 15 is 0 Å². The molecule has 0 nitrogen and oxygen atoms in total. The minimum absolute atomic E-state index is 0.796. The Morgan fingerprint density at radius 3 is 2.25 bits per heavy atom. The van der Waals surface area contributed by atoms with Gasteiger partial charge in [0.15, 0.2) is 0 Å². The molecular formula is C7H13Br. The highest BCUT2D eigenvalue weighted by Gasteiger charge is 1.92. The highest BCUT2D eigenvalue weighted by Crippen LogP contribution is 2.13. The summed E-state index contributed by atoms with van der Waals surface area (Å²) in [6, 6.07) is 0. The summed E-state index contributed by atoms with van der Waals surface area (Å²) in [5.74, 6) is 0.796. The molecule has 0 heterocycles. The van der Waals surface area contributed by atoms with Gasteiger partial charge in [-0.05, 0) is 23.2 Å². The first-order valence-electron chi connectivity index (χ1n) is 2.96. The van der Waals surface area contributed by atoms with E-state index in [-0.39, 0.29) is 0 Å². The average Bonchev–Trinajstić information content (AvgIpc) is 1.61. The molecule has 0 unspecified atom stereocenters. The Balaban J connectivity index is 3.05. The molecule has 0 saturated heterocycles. The maximum absolute atomic E-state index is 3.74. The molecular weight excluding hydrogens is 164 g/mol. The van der Waals surface area contributed by atoms with Gasteiger partial charge in [0.05, 0.1) is 0 Å². The summed E-state index contributed by atoms with van der Waals surface area (Å²) in [5, 5.41) is 0. The van der Waals surface area contributed by atoms with Gasteiger partial charge >= 0.3 is 0 Å². The summed E-state index contributed by atoms with van der Waals surface area (Å²) in [6.07, 6.45) is 2.35. The largest absolute Gasteiger partial charge is 0.0889 e. The Morgan fingerprint density at radius 1 is 1.62 bits per heavy atom. The van der Waals surface area contributed by atoms with Crippen LogP contribution in [0.1, 0.15) is 26.7 Å². The fourth-order valence-electron chi connectivity index (χ4n) is 0.445. The molecule has 0 rings (SSSR count). The molecule has 0 radical (unpaired) electrons. The molecule has 0 aromatic carbocycles. The van der Waals surface area contributed by atoms with Crippen LogP contribution in [0.25, 0.3) is 0 Å². The van der Waals surface area contributed by atoms with Crippen molar-refractivity contribution in [2.75, 3.05) is 0 Å². The van der Waals surface area contributed by atoms with Crippen molar-refractivity contribution >= 4 is 15.9 Å². The average molecular weight is 177 g/mol. The molecule has 8 heavy (non-hydrogen) atoms. The summed E-state index contributed by atoms with van der Waals surface area (Å²) in [7, 11) is 0. The predicted octanol–water partition coefficient (Wildman–Crippen LogP) is 3.33. The van der Waals surface area contributed by atoms with Crippen LogP contribution in [0, 0.1) is 5.92 Å². The Hall–Kier alpha value is 0.220. The summed E-state index contributed by atoms with van der Waals surface area (Å²) in [5.41, 5.74) is 0. The standard InChI is InChI=1S/C7H13Br/c1-6(2)4-5-7(3)8/h6H,3-5H2,1-2H3. The van der Waals surface area contributed by atoms with Gasteiger partial charge in [-0.1, -0.05) is 36.4 Å². The monoisotopic (exact) mass is 176 g/mol. The van der Waals surface area contributed by atoms with Crippen molar-refractivity contribution in [2.24, 2.45) is 5.92 Å².